The highest BCUT2D eigenvalue weighted by atomic mass is 32.1. The van der Waals surface area contributed by atoms with Gasteiger partial charge < -0.3 is 15.2 Å². The summed E-state index contributed by atoms with van der Waals surface area (Å²) in [5.74, 6) is 0.0699. The number of hydrogen-bond acceptors (Lipinski definition) is 6. The van der Waals surface area contributed by atoms with E-state index in [1.54, 1.807) is 19.1 Å². The van der Waals surface area contributed by atoms with Crippen LogP contribution in [0.1, 0.15) is 35.5 Å². The van der Waals surface area contributed by atoms with Gasteiger partial charge in [-0.2, -0.15) is 0 Å². The number of aryl methyl sites for hydroxylation is 1. The number of allylic oxidation sites excluding steroid dienone is 2. The smallest absolute Gasteiger partial charge is 0.223 e. The summed E-state index contributed by atoms with van der Waals surface area (Å²) in [5.41, 5.74) is 5.92. The van der Waals surface area contributed by atoms with Gasteiger partial charge in [0.25, 0.3) is 0 Å². The third-order valence-electron chi connectivity index (χ3n) is 5.61. The molecule has 2 rings (SSSR count). The molecule has 7 heteroatoms. The van der Waals surface area contributed by atoms with Crippen molar-refractivity contribution in [2.45, 2.75) is 44.4 Å². The molecule has 2 aromatic carbocycles. The van der Waals surface area contributed by atoms with Gasteiger partial charge in [0, 0.05) is 21.8 Å². The van der Waals surface area contributed by atoms with E-state index in [-0.39, 0.29) is 11.8 Å². The third kappa shape index (κ3) is 7.39. The number of likely N-dealkylation sites (N-methyl/N-ethyl adjacent to an activating group) is 1. The summed E-state index contributed by atoms with van der Waals surface area (Å²) >= 11 is 4.56. The summed E-state index contributed by atoms with van der Waals surface area (Å²) in [6.45, 7) is 13.1. The molecule has 0 spiro atoms. The molecule has 34 heavy (non-hydrogen) atoms. The molecule has 2 radical (unpaired) electrons. The summed E-state index contributed by atoms with van der Waals surface area (Å²) in [4.78, 5) is 14.8. The third-order valence-corrected chi connectivity index (χ3v) is 6.07. The summed E-state index contributed by atoms with van der Waals surface area (Å²) in [6, 6.07) is 9.33. The minimum Gasteiger partial charge on any atom is -0.469 e. The first kappa shape index (κ1) is 27.5. The zero-order valence-electron chi connectivity index (χ0n) is 20.3. The Bertz CT molecular complexity index is 1060. The van der Waals surface area contributed by atoms with E-state index in [0.717, 1.165) is 33.0 Å². The molecule has 0 fully saturated rings. The Morgan fingerprint density at radius 2 is 2.00 bits per heavy atom. The molecule has 0 aliphatic rings. The number of Topliss-reactive ketones (excluding diaryl/α,β-unsaturated/α-hetero) is 1. The maximum Gasteiger partial charge on any atom is 0.223 e. The second-order valence-electron chi connectivity index (χ2n) is 8.38. The van der Waals surface area contributed by atoms with Crippen molar-refractivity contribution in [2.75, 3.05) is 18.9 Å². The van der Waals surface area contributed by atoms with Crippen LogP contribution < -0.4 is 10.8 Å². The van der Waals surface area contributed by atoms with Crippen LogP contribution in [0.2, 0.25) is 0 Å². The van der Waals surface area contributed by atoms with Crippen LogP contribution in [-0.4, -0.2) is 43.3 Å². The van der Waals surface area contributed by atoms with E-state index in [1.807, 2.05) is 56.1 Å². The highest BCUT2D eigenvalue weighted by Gasteiger charge is 2.22. The first-order chi connectivity index (χ1) is 16.1. The van der Waals surface area contributed by atoms with Crippen LogP contribution in [0.5, 0.6) is 0 Å². The fourth-order valence-corrected chi connectivity index (χ4v) is 4.05. The number of ether oxygens (including phenoxy) is 1. The molecule has 5 nitrogen and oxygen atoms in total. The lowest BCUT2D eigenvalue weighted by Crippen LogP contribution is -2.40. The van der Waals surface area contributed by atoms with Gasteiger partial charge in [-0.15, -0.1) is 12.6 Å². The predicted molar refractivity (Wildman–Crippen MR) is 144 cm³/mol. The van der Waals surface area contributed by atoms with Gasteiger partial charge in [-0.1, -0.05) is 36.8 Å². The van der Waals surface area contributed by atoms with Crippen LogP contribution in [0.3, 0.4) is 0 Å². The molecule has 0 saturated heterocycles. The molecular weight excluding hydrogens is 443 g/mol. The van der Waals surface area contributed by atoms with Crippen molar-refractivity contribution in [3.8, 4) is 0 Å². The number of nitrogens with zero attached hydrogens (tertiary/aromatic N) is 1. The molecule has 0 aromatic heterocycles. The van der Waals surface area contributed by atoms with E-state index in [2.05, 4.69) is 31.1 Å². The molecule has 0 amide bonds. The number of carbonyl (C=O) groups excluding carboxylic acids is 1. The van der Waals surface area contributed by atoms with Crippen molar-refractivity contribution in [1.82, 2.24) is 4.90 Å². The van der Waals surface area contributed by atoms with Gasteiger partial charge in [0.2, 0.25) is 6.29 Å². The number of thiol groups is 1. The number of anilines is 1. The van der Waals surface area contributed by atoms with E-state index in [0.29, 0.717) is 24.0 Å². The Balaban J connectivity index is 2.43. The lowest BCUT2D eigenvalue weighted by molar-refractivity contribution is -0.118. The Kier molecular flexibility index (Phi) is 10.2. The largest absolute Gasteiger partial charge is 0.469 e. The van der Waals surface area contributed by atoms with Crippen LogP contribution in [0.25, 0.3) is 0 Å². The van der Waals surface area contributed by atoms with Crippen molar-refractivity contribution < 1.29 is 14.6 Å². The fraction of sp³-hybridized carbons (Fsp3) is 0.296. The Hall–Kier alpha value is -2.74. The van der Waals surface area contributed by atoms with Crippen molar-refractivity contribution >= 4 is 37.4 Å². The van der Waals surface area contributed by atoms with E-state index in [4.69, 9.17) is 12.6 Å². The molecule has 1 unspecified atom stereocenters. The molecule has 0 heterocycles. The number of rotatable bonds is 12. The second kappa shape index (κ2) is 12.7. The van der Waals surface area contributed by atoms with E-state index in [1.165, 1.54) is 6.26 Å². The highest BCUT2D eigenvalue weighted by Crippen LogP contribution is 2.26. The minimum absolute atomic E-state index is 0.0699. The van der Waals surface area contributed by atoms with Gasteiger partial charge in [0.15, 0.2) is 0 Å². The molecule has 0 aliphatic carbocycles. The van der Waals surface area contributed by atoms with Gasteiger partial charge in [-0.25, -0.2) is 0 Å². The standard InChI is InChI=1S/C27H33BN2O3S/c1-7-9-24(29-23-11-10-21(12-17(23)3)27(32)33-8-2)25(30(6)16-18(4)31)14-20-13-22(28)19(5)26(34)15-20/h7-13,15,25,27,29,32,34H,1-2,14,16H2,3-6H3/b24-9-/t25-,27?/m1/s1. The first-order valence-corrected chi connectivity index (χ1v) is 11.4. The Morgan fingerprint density at radius 3 is 2.56 bits per heavy atom. The van der Waals surface area contributed by atoms with Crippen LogP contribution in [0.4, 0.5) is 5.69 Å². The van der Waals surface area contributed by atoms with Gasteiger partial charge >= 0.3 is 0 Å². The molecule has 2 N–H and O–H groups in total. The number of ketones is 1. The molecule has 178 valence electrons. The summed E-state index contributed by atoms with van der Waals surface area (Å²) in [7, 11) is 8.11. The number of benzene rings is 2. The van der Waals surface area contributed by atoms with E-state index >= 15 is 0 Å². The van der Waals surface area contributed by atoms with Crippen molar-refractivity contribution in [1.29, 1.82) is 0 Å². The van der Waals surface area contributed by atoms with Crippen molar-refractivity contribution in [2.24, 2.45) is 0 Å². The van der Waals surface area contributed by atoms with E-state index < -0.39 is 6.29 Å². The molecular formula is C27H33BN2O3S. The number of aliphatic hydroxyl groups is 1. The summed E-state index contributed by atoms with van der Waals surface area (Å²) in [6.07, 6.45) is 4.36. The van der Waals surface area contributed by atoms with Crippen molar-refractivity contribution in [3.63, 3.8) is 0 Å². The molecule has 0 saturated carbocycles. The van der Waals surface area contributed by atoms with Crippen molar-refractivity contribution in [3.05, 3.63) is 89.9 Å². The summed E-state index contributed by atoms with van der Waals surface area (Å²) in [5, 5.41) is 13.6. The number of hydrogen-bond donors (Lipinski definition) is 3. The molecule has 2 atom stereocenters. The maximum absolute atomic E-state index is 11.9. The minimum atomic E-state index is -1.08. The van der Waals surface area contributed by atoms with Crippen LogP contribution >= 0.6 is 12.6 Å². The number of nitrogens with one attached hydrogen (secondary N) is 1. The van der Waals surface area contributed by atoms with Gasteiger partial charge in [0.05, 0.1) is 18.8 Å². The monoisotopic (exact) mass is 476 g/mol. The normalized spacial score (nSPS) is 13.3. The molecule has 0 aliphatic heterocycles. The average molecular weight is 476 g/mol. The fourth-order valence-electron chi connectivity index (χ4n) is 3.76. The summed E-state index contributed by atoms with van der Waals surface area (Å²) < 4.78 is 5.06. The predicted octanol–water partition coefficient (Wildman–Crippen LogP) is 4.15. The van der Waals surface area contributed by atoms with E-state index in [9.17, 15) is 9.90 Å². The maximum atomic E-state index is 11.9. The Morgan fingerprint density at radius 1 is 1.29 bits per heavy atom. The number of aliphatic hydroxyl groups excluding tert-OH is 1. The van der Waals surface area contributed by atoms with Gasteiger partial charge in [-0.05, 0) is 75.2 Å². The van der Waals surface area contributed by atoms with Crippen LogP contribution in [0.15, 0.2) is 72.5 Å². The van der Waals surface area contributed by atoms with Crippen LogP contribution in [-0.2, 0) is 16.0 Å². The average Bonchev–Trinajstić information content (AvgIpc) is 2.76. The van der Waals surface area contributed by atoms with Gasteiger partial charge in [0.1, 0.15) is 13.6 Å². The molecule has 2 aromatic rings. The quantitative estimate of drug-likeness (QED) is 0.141. The SMILES string of the molecule is [B]c1cc(C[C@H](/C(=C/C=C)Nc2ccc(C(O)OC=C)cc2C)N(C)CC(C)=O)cc(S)c1C. The zero-order chi connectivity index (χ0) is 25.4. The lowest BCUT2D eigenvalue weighted by atomic mass is 9.87. The zero-order valence-corrected chi connectivity index (χ0v) is 21.2. The lowest BCUT2D eigenvalue weighted by Gasteiger charge is -2.31. The first-order valence-electron chi connectivity index (χ1n) is 11.0. The Labute approximate surface area is 210 Å². The van der Waals surface area contributed by atoms with Crippen LogP contribution in [0, 0.1) is 13.8 Å². The van der Waals surface area contributed by atoms with Gasteiger partial charge in [-0.3, -0.25) is 9.69 Å². The second-order valence-corrected chi connectivity index (χ2v) is 8.86. The molecule has 0 bridgehead atoms. The number of carbonyl (C=O) groups is 1. The highest BCUT2D eigenvalue weighted by molar-refractivity contribution is 7.80. The topological polar surface area (TPSA) is 61.8 Å².